The van der Waals surface area contributed by atoms with Gasteiger partial charge in [-0.25, -0.2) is 0 Å². The summed E-state index contributed by atoms with van der Waals surface area (Å²) in [5.74, 6) is 1.62. The van der Waals surface area contributed by atoms with Crippen molar-refractivity contribution in [1.29, 1.82) is 0 Å². The van der Waals surface area contributed by atoms with E-state index in [1.165, 1.54) is 42.8 Å². The van der Waals surface area contributed by atoms with E-state index in [9.17, 15) is 0 Å². The highest BCUT2D eigenvalue weighted by Gasteiger charge is 2.62. The Labute approximate surface area is 298 Å². The summed E-state index contributed by atoms with van der Waals surface area (Å²) in [6.45, 7) is 0. The van der Waals surface area contributed by atoms with Crippen LogP contribution in [0.4, 0.5) is 0 Å². The van der Waals surface area contributed by atoms with Gasteiger partial charge in [0, 0.05) is 38.7 Å². The van der Waals surface area contributed by atoms with E-state index in [4.69, 9.17) is 0 Å². The lowest BCUT2D eigenvalue weighted by atomic mass is 9.60. The zero-order chi connectivity index (χ0) is 32.6. The van der Waals surface area contributed by atoms with Gasteiger partial charge in [0.2, 0.25) is 0 Å². The topological polar surface area (TPSA) is 0 Å². The van der Waals surface area contributed by atoms with Gasteiger partial charge in [0.1, 0.15) is 0 Å². The summed E-state index contributed by atoms with van der Waals surface area (Å²) in [6, 6.07) is 25.9. The summed E-state index contributed by atoms with van der Waals surface area (Å²) in [5, 5.41) is 1.46. The summed E-state index contributed by atoms with van der Waals surface area (Å²) in [5.41, 5.74) is 19.8. The second-order valence-corrected chi connectivity index (χ2v) is 16.6. The highest BCUT2D eigenvalue weighted by molar-refractivity contribution is 7.20. The summed E-state index contributed by atoms with van der Waals surface area (Å²) in [7, 11) is 0. The van der Waals surface area contributed by atoms with Crippen LogP contribution >= 0.6 is 11.3 Å². The molecule has 3 aromatic carbocycles. The average Bonchev–Trinajstić information content (AvgIpc) is 3.82. The van der Waals surface area contributed by atoms with Gasteiger partial charge in [-0.1, -0.05) is 127 Å². The van der Waals surface area contributed by atoms with Gasteiger partial charge in [0.15, 0.2) is 0 Å². The fraction of sp³-hybridized carbons (Fsp3) is 0.224. The standard InChI is InChI=1S/C49H38S/c1-2-11-29(12-3-1)30-24-26-42-40(27-30)34-13-4-6-19-41(34)49(42)43-20-9-16-36-33-25-23-31(28-39(33)37-17-10-21-44(49)47(37)46(36)43)32-15-8-18-38-35-14-5-7-22-45(35)50-48(32)38/h2,4-7,9-17,19-20,22-25,27-28,33,39,42,44H,1,3,8,18,21,26H2. The minimum Gasteiger partial charge on any atom is -0.135 e. The van der Waals surface area contributed by atoms with Crippen molar-refractivity contribution in [3.05, 3.63) is 194 Å². The predicted octanol–water partition coefficient (Wildman–Crippen LogP) is 12.4. The third kappa shape index (κ3) is 3.47. The molecule has 1 heterocycles. The van der Waals surface area contributed by atoms with Crippen LogP contribution in [-0.2, 0) is 11.8 Å². The number of aryl methyl sites for hydroxylation is 1. The molecular weight excluding hydrogens is 621 g/mol. The van der Waals surface area contributed by atoms with Crippen LogP contribution < -0.4 is 0 Å². The molecule has 5 atom stereocenters. The van der Waals surface area contributed by atoms with Gasteiger partial charge in [-0.3, -0.25) is 0 Å². The second kappa shape index (κ2) is 10.2. The molecule has 0 fully saturated rings. The molecule has 1 heteroatoms. The summed E-state index contributed by atoms with van der Waals surface area (Å²) in [4.78, 5) is 1.49. The Morgan fingerprint density at radius 2 is 1.60 bits per heavy atom. The lowest BCUT2D eigenvalue weighted by Crippen LogP contribution is -2.38. The fourth-order valence-corrected chi connectivity index (χ4v) is 12.9. The van der Waals surface area contributed by atoms with E-state index in [1.807, 2.05) is 11.3 Å². The molecule has 1 spiro atoms. The van der Waals surface area contributed by atoms with Gasteiger partial charge in [0.25, 0.3) is 0 Å². The summed E-state index contributed by atoms with van der Waals surface area (Å²) >= 11 is 1.99. The Morgan fingerprint density at radius 1 is 0.680 bits per heavy atom. The Hall–Kier alpha value is -4.72. The predicted molar refractivity (Wildman–Crippen MR) is 210 cm³/mol. The molecule has 0 aliphatic heterocycles. The van der Waals surface area contributed by atoms with Crippen molar-refractivity contribution >= 4 is 38.1 Å². The maximum atomic E-state index is 2.67. The van der Waals surface area contributed by atoms with Crippen molar-refractivity contribution in [2.45, 2.75) is 49.9 Å². The van der Waals surface area contributed by atoms with Crippen molar-refractivity contribution in [2.24, 2.45) is 17.8 Å². The molecule has 8 aliphatic carbocycles. The van der Waals surface area contributed by atoms with Gasteiger partial charge in [-0.15, -0.1) is 11.3 Å². The van der Waals surface area contributed by atoms with Crippen LogP contribution in [0, 0.1) is 17.8 Å². The fourth-order valence-electron chi connectivity index (χ4n) is 11.6. The molecule has 0 radical (unpaired) electrons. The molecule has 0 saturated heterocycles. The first-order chi connectivity index (χ1) is 24.8. The van der Waals surface area contributed by atoms with E-state index in [2.05, 4.69) is 134 Å². The minimum atomic E-state index is -0.0421. The van der Waals surface area contributed by atoms with Crippen molar-refractivity contribution in [1.82, 2.24) is 0 Å². The largest absolute Gasteiger partial charge is 0.135 e. The summed E-state index contributed by atoms with van der Waals surface area (Å²) < 4.78 is 1.42. The molecule has 0 N–H and O–H groups in total. The van der Waals surface area contributed by atoms with E-state index >= 15 is 0 Å². The van der Waals surface area contributed by atoms with Crippen LogP contribution in [-0.4, -0.2) is 0 Å². The summed E-state index contributed by atoms with van der Waals surface area (Å²) in [6.07, 6.45) is 34.4. The molecule has 0 amide bonds. The van der Waals surface area contributed by atoms with E-state index in [0.717, 1.165) is 38.5 Å². The number of hydrogen-bond acceptors (Lipinski definition) is 1. The molecular formula is C49H38S. The van der Waals surface area contributed by atoms with Crippen LogP contribution in [0.25, 0.3) is 26.8 Å². The highest BCUT2D eigenvalue weighted by Crippen LogP contribution is 2.71. The maximum absolute atomic E-state index is 2.67. The smallest absolute Gasteiger partial charge is 0.0390 e. The zero-order valence-corrected chi connectivity index (χ0v) is 29.0. The van der Waals surface area contributed by atoms with Crippen LogP contribution in [0.5, 0.6) is 0 Å². The molecule has 0 bridgehead atoms. The van der Waals surface area contributed by atoms with Crippen molar-refractivity contribution < 1.29 is 0 Å². The third-order valence-corrected chi connectivity index (χ3v) is 14.7. The first-order valence-corrected chi connectivity index (χ1v) is 19.7. The normalized spacial score (nSPS) is 29.1. The molecule has 1 aromatic heterocycles. The molecule has 12 rings (SSSR count). The highest BCUT2D eigenvalue weighted by atomic mass is 32.1. The van der Waals surface area contributed by atoms with Gasteiger partial charge in [0.05, 0.1) is 0 Å². The van der Waals surface area contributed by atoms with Gasteiger partial charge in [-0.2, -0.15) is 0 Å². The van der Waals surface area contributed by atoms with Crippen LogP contribution in [0.3, 0.4) is 0 Å². The van der Waals surface area contributed by atoms with Crippen molar-refractivity contribution in [3.8, 4) is 0 Å². The Bertz CT molecular complexity index is 2510. The number of hydrogen-bond donors (Lipinski definition) is 0. The number of fused-ring (bicyclic) bond motifs is 13. The molecule has 4 aromatic rings. The van der Waals surface area contributed by atoms with Crippen molar-refractivity contribution in [3.63, 3.8) is 0 Å². The SMILES string of the molecule is C1=CC(C2=CCC3C(=C2)c2ccccc2C32c3cccc4c3C3=C(C=CCC32)C2C=C(C3=CCCc5c3sc3ccccc53)C=CC42)=CCC1. The quantitative estimate of drug-likeness (QED) is 0.201. The third-order valence-electron chi connectivity index (χ3n) is 13.5. The molecule has 8 aliphatic rings. The lowest BCUT2D eigenvalue weighted by Gasteiger charge is -2.42. The average molecular weight is 659 g/mol. The van der Waals surface area contributed by atoms with Gasteiger partial charge in [-0.05, 0) is 122 Å². The number of allylic oxidation sites excluding steroid dienone is 18. The minimum absolute atomic E-state index is 0.0421. The molecule has 50 heavy (non-hydrogen) atoms. The number of thiophene rings is 1. The molecule has 240 valence electrons. The second-order valence-electron chi connectivity index (χ2n) is 15.5. The van der Waals surface area contributed by atoms with E-state index in [0.29, 0.717) is 23.7 Å². The van der Waals surface area contributed by atoms with Crippen LogP contribution in [0.1, 0.15) is 76.3 Å². The van der Waals surface area contributed by atoms with E-state index in [-0.39, 0.29) is 5.41 Å². The maximum Gasteiger partial charge on any atom is 0.0390 e. The number of rotatable bonds is 2. The first-order valence-electron chi connectivity index (χ1n) is 18.8. The van der Waals surface area contributed by atoms with Crippen molar-refractivity contribution in [2.75, 3.05) is 0 Å². The van der Waals surface area contributed by atoms with E-state index < -0.39 is 0 Å². The number of benzene rings is 3. The Morgan fingerprint density at radius 3 is 2.56 bits per heavy atom. The van der Waals surface area contributed by atoms with Gasteiger partial charge < -0.3 is 0 Å². The monoisotopic (exact) mass is 658 g/mol. The van der Waals surface area contributed by atoms with Gasteiger partial charge >= 0.3 is 0 Å². The Kier molecular flexibility index (Phi) is 5.70. The zero-order valence-electron chi connectivity index (χ0n) is 28.2. The first kappa shape index (κ1) is 28.0. The lowest BCUT2D eigenvalue weighted by molar-refractivity contribution is 0.334. The molecule has 0 saturated carbocycles. The Balaban J connectivity index is 1.03. The molecule has 5 unspecified atom stereocenters. The van der Waals surface area contributed by atoms with E-state index in [1.54, 1.807) is 44.5 Å². The van der Waals surface area contributed by atoms with Crippen LogP contribution in [0.2, 0.25) is 0 Å². The molecule has 0 nitrogen and oxygen atoms in total. The van der Waals surface area contributed by atoms with Crippen LogP contribution in [0.15, 0.2) is 156 Å².